The number of carbonyl (C=O) groups excluding carboxylic acids is 1. The second kappa shape index (κ2) is 8.06. The number of thiazole rings is 1. The molecule has 0 radical (unpaired) electrons. The fraction of sp³-hybridized carbons (Fsp3) is 0.0476. The van der Waals surface area contributed by atoms with Crippen LogP contribution < -0.4 is 4.90 Å². The highest BCUT2D eigenvalue weighted by Gasteiger charge is 2.25. The predicted octanol–water partition coefficient (Wildman–Crippen LogP) is 6.73. The van der Waals surface area contributed by atoms with E-state index in [-0.39, 0.29) is 27.8 Å². The van der Waals surface area contributed by atoms with Gasteiger partial charge < -0.3 is 0 Å². The zero-order valence-electron chi connectivity index (χ0n) is 14.7. The normalized spacial score (nSPS) is 11.0. The molecule has 0 aliphatic carbocycles. The van der Waals surface area contributed by atoms with Crippen molar-refractivity contribution in [2.75, 3.05) is 4.90 Å². The summed E-state index contributed by atoms with van der Waals surface area (Å²) in [5.74, 6) is -1.93. The van der Waals surface area contributed by atoms with Crippen molar-refractivity contribution in [3.8, 4) is 0 Å². The third-order valence-electron chi connectivity index (χ3n) is 4.22. The second-order valence-electron chi connectivity index (χ2n) is 6.23. The molecule has 0 saturated carbocycles. The summed E-state index contributed by atoms with van der Waals surface area (Å²) in [6.07, 6.45) is 0. The number of amides is 1. The number of rotatable bonds is 4. The van der Waals surface area contributed by atoms with E-state index >= 15 is 0 Å². The zero-order valence-corrected chi connectivity index (χ0v) is 17.0. The van der Waals surface area contributed by atoms with Gasteiger partial charge in [0.15, 0.2) is 10.9 Å². The molecule has 0 unspecified atom stereocenters. The van der Waals surface area contributed by atoms with E-state index in [1.54, 1.807) is 6.07 Å². The van der Waals surface area contributed by atoms with Gasteiger partial charge in [-0.15, -0.1) is 0 Å². The van der Waals surface area contributed by atoms with Gasteiger partial charge in [-0.25, -0.2) is 13.8 Å². The maximum Gasteiger partial charge on any atom is 0.261 e. The SMILES string of the molecule is O=C(c1cc(Cl)ccc1Cl)N(Cc1ccccc1)c1nc2c(F)cc(F)cc2s1. The van der Waals surface area contributed by atoms with Crippen LogP contribution in [0.1, 0.15) is 15.9 Å². The summed E-state index contributed by atoms with van der Waals surface area (Å²) in [5.41, 5.74) is 1.04. The minimum atomic E-state index is -0.782. The van der Waals surface area contributed by atoms with Crippen LogP contribution >= 0.6 is 34.5 Å². The third-order valence-corrected chi connectivity index (χ3v) is 5.81. The molecule has 4 aromatic rings. The van der Waals surface area contributed by atoms with Gasteiger partial charge in [-0.2, -0.15) is 0 Å². The van der Waals surface area contributed by atoms with Crippen LogP contribution in [-0.4, -0.2) is 10.9 Å². The van der Waals surface area contributed by atoms with Gasteiger partial charge in [-0.1, -0.05) is 64.9 Å². The summed E-state index contributed by atoms with van der Waals surface area (Å²) < 4.78 is 28.1. The van der Waals surface area contributed by atoms with E-state index in [2.05, 4.69) is 4.98 Å². The average molecular weight is 449 g/mol. The van der Waals surface area contributed by atoms with Gasteiger partial charge in [0, 0.05) is 11.1 Å². The van der Waals surface area contributed by atoms with Crippen LogP contribution in [0.3, 0.4) is 0 Å². The highest BCUT2D eigenvalue weighted by atomic mass is 35.5. The van der Waals surface area contributed by atoms with E-state index in [9.17, 15) is 13.6 Å². The first-order valence-electron chi connectivity index (χ1n) is 8.49. The molecule has 0 spiro atoms. The van der Waals surface area contributed by atoms with Crippen LogP contribution in [0, 0.1) is 11.6 Å². The molecule has 1 amide bonds. The lowest BCUT2D eigenvalue weighted by Crippen LogP contribution is -2.30. The Labute approximate surface area is 179 Å². The Bertz CT molecular complexity index is 1210. The minimum Gasteiger partial charge on any atom is -0.279 e. The van der Waals surface area contributed by atoms with Gasteiger partial charge in [-0.05, 0) is 29.8 Å². The van der Waals surface area contributed by atoms with Gasteiger partial charge in [-0.3, -0.25) is 9.69 Å². The first kappa shape index (κ1) is 19.8. The highest BCUT2D eigenvalue weighted by Crippen LogP contribution is 2.34. The van der Waals surface area contributed by atoms with E-state index in [1.807, 2.05) is 30.3 Å². The van der Waals surface area contributed by atoms with Crippen molar-refractivity contribution in [2.45, 2.75) is 6.54 Å². The Morgan fingerprint density at radius 1 is 1.03 bits per heavy atom. The van der Waals surface area contributed by atoms with E-state index in [4.69, 9.17) is 23.2 Å². The Balaban J connectivity index is 1.83. The lowest BCUT2D eigenvalue weighted by molar-refractivity contribution is 0.0985. The molecule has 0 aliphatic heterocycles. The number of benzene rings is 3. The first-order chi connectivity index (χ1) is 13.9. The molecular weight excluding hydrogens is 437 g/mol. The lowest BCUT2D eigenvalue weighted by Gasteiger charge is -2.21. The summed E-state index contributed by atoms with van der Waals surface area (Å²) in [6, 6.07) is 15.8. The highest BCUT2D eigenvalue weighted by molar-refractivity contribution is 7.22. The summed E-state index contributed by atoms with van der Waals surface area (Å²) in [7, 11) is 0. The summed E-state index contributed by atoms with van der Waals surface area (Å²) in [6.45, 7) is 0.173. The molecular formula is C21H12Cl2F2N2OS. The van der Waals surface area contributed by atoms with Gasteiger partial charge in [0.25, 0.3) is 5.91 Å². The smallest absolute Gasteiger partial charge is 0.261 e. The summed E-state index contributed by atoms with van der Waals surface area (Å²) in [5, 5.41) is 0.819. The molecule has 0 N–H and O–H groups in total. The molecule has 0 fully saturated rings. The molecule has 0 saturated heterocycles. The molecule has 0 aliphatic rings. The van der Waals surface area contributed by atoms with Crippen molar-refractivity contribution in [3.05, 3.63) is 93.5 Å². The van der Waals surface area contributed by atoms with Crippen molar-refractivity contribution in [2.24, 2.45) is 0 Å². The molecule has 29 heavy (non-hydrogen) atoms. The van der Waals surface area contributed by atoms with E-state index in [0.29, 0.717) is 9.72 Å². The molecule has 3 nitrogen and oxygen atoms in total. The van der Waals surface area contributed by atoms with E-state index in [1.165, 1.54) is 23.1 Å². The Hall–Kier alpha value is -2.54. The molecule has 4 rings (SSSR count). The van der Waals surface area contributed by atoms with Crippen LogP contribution in [0.2, 0.25) is 10.0 Å². The number of halogens is 4. The Morgan fingerprint density at radius 2 is 1.79 bits per heavy atom. The van der Waals surface area contributed by atoms with Crippen LogP contribution in [0.15, 0.2) is 60.7 Å². The number of aromatic nitrogens is 1. The summed E-state index contributed by atoms with van der Waals surface area (Å²) >= 11 is 13.3. The van der Waals surface area contributed by atoms with Gasteiger partial charge in [0.2, 0.25) is 0 Å². The van der Waals surface area contributed by atoms with Crippen LogP contribution in [0.4, 0.5) is 13.9 Å². The molecule has 1 heterocycles. The lowest BCUT2D eigenvalue weighted by atomic mass is 10.1. The Kier molecular flexibility index (Phi) is 5.50. The van der Waals surface area contributed by atoms with Crippen molar-refractivity contribution in [1.29, 1.82) is 0 Å². The van der Waals surface area contributed by atoms with Crippen LogP contribution in [0.5, 0.6) is 0 Å². The number of fused-ring (bicyclic) bond motifs is 1. The van der Waals surface area contributed by atoms with E-state index < -0.39 is 17.5 Å². The minimum absolute atomic E-state index is 0.00875. The van der Waals surface area contributed by atoms with Crippen LogP contribution in [-0.2, 0) is 6.54 Å². The number of carbonyl (C=O) groups is 1. The Morgan fingerprint density at radius 3 is 2.55 bits per heavy atom. The molecule has 0 bridgehead atoms. The summed E-state index contributed by atoms with van der Waals surface area (Å²) in [4.78, 5) is 19.0. The van der Waals surface area contributed by atoms with E-state index in [0.717, 1.165) is 23.0 Å². The largest absolute Gasteiger partial charge is 0.279 e. The van der Waals surface area contributed by atoms with Crippen molar-refractivity contribution in [1.82, 2.24) is 4.98 Å². The molecule has 146 valence electrons. The van der Waals surface area contributed by atoms with Crippen molar-refractivity contribution in [3.63, 3.8) is 0 Å². The maximum absolute atomic E-state index is 14.2. The monoisotopic (exact) mass is 448 g/mol. The van der Waals surface area contributed by atoms with Gasteiger partial charge in [0.05, 0.1) is 21.8 Å². The molecule has 3 aromatic carbocycles. The quantitative estimate of drug-likeness (QED) is 0.346. The average Bonchev–Trinajstić information content (AvgIpc) is 3.12. The van der Waals surface area contributed by atoms with Crippen LogP contribution in [0.25, 0.3) is 10.2 Å². The number of nitrogens with zero attached hydrogens (tertiary/aromatic N) is 2. The number of hydrogen-bond donors (Lipinski definition) is 0. The van der Waals surface area contributed by atoms with Crippen molar-refractivity contribution >= 4 is 55.8 Å². The fourth-order valence-electron chi connectivity index (χ4n) is 2.86. The number of hydrogen-bond acceptors (Lipinski definition) is 3. The standard InChI is InChI=1S/C21H12Cl2F2N2OS/c22-13-6-7-16(23)15(8-13)20(28)27(11-12-4-2-1-3-5-12)21-26-19-17(25)9-14(24)10-18(19)29-21/h1-10H,11H2. The van der Waals surface area contributed by atoms with Gasteiger partial charge >= 0.3 is 0 Å². The first-order valence-corrected chi connectivity index (χ1v) is 10.1. The number of anilines is 1. The topological polar surface area (TPSA) is 33.2 Å². The second-order valence-corrected chi connectivity index (χ2v) is 8.08. The third kappa shape index (κ3) is 4.10. The molecule has 1 aromatic heterocycles. The molecule has 0 atom stereocenters. The predicted molar refractivity (Wildman–Crippen MR) is 113 cm³/mol. The molecule has 8 heteroatoms. The zero-order chi connectivity index (χ0) is 20.5. The fourth-order valence-corrected chi connectivity index (χ4v) is 4.23. The van der Waals surface area contributed by atoms with Gasteiger partial charge in [0.1, 0.15) is 11.3 Å². The van der Waals surface area contributed by atoms with Crippen molar-refractivity contribution < 1.29 is 13.6 Å². The maximum atomic E-state index is 14.2.